The SMILES string of the molecule is C=CCCC(=O)N[C@H](COC)[C@H](OC(=O)[C@@H]1[C@H]2C(=O)N([C@@H](CO)Cc3ccccc3)[C@H](C(=O)N(CC=C)CCCCC)[C@]23CC[C@H]1O3)c1ccccc1. The van der Waals surface area contributed by atoms with E-state index in [1.807, 2.05) is 60.7 Å². The fourth-order valence-corrected chi connectivity index (χ4v) is 8.47. The highest BCUT2D eigenvalue weighted by atomic mass is 16.6. The van der Waals surface area contributed by atoms with E-state index in [1.54, 1.807) is 17.1 Å². The summed E-state index contributed by atoms with van der Waals surface area (Å²) in [5.74, 6) is -3.59. The molecular formula is C42H55N3O8. The zero-order chi connectivity index (χ0) is 38.0. The summed E-state index contributed by atoms with van der Waals surface area (Å²) in [4.78, 5) is 60.5. The first-order valence-electron chi connectivity index (χ1n) is 18.9. The molecule has 0 saturated carbocycles. The van der Waals surface area contributed by atoms with E-state index in [0.29, 0.717) is 37.8 Å². The molecule has 11 heteroatoms. The Morgan fingerprint density at radius 1 is 1.09 bits per heavy atom. The molecule has 286 valence electrons. The number of allylic oxidation sites excluding steroid dienone is 1. The van der Waals surface area contributed by atoms with Crippen LogP contribution in [0.5, 0.6) is 0 Å². The van der Waals surface area contributed by atoms with Gasteiger partial charge in [0.1, 0.15) is 17.7 Å². The lowest BCUT2D eigenvalue weighted by molar-refractivity contribution is -0.163. The van der Waals surface area contributed by atoms with Gasteiger partial charge in [-0.1, -0.05) is 92.6 Å². The number of amides is 3. The summed E-state index contributed by atoms with van der Waals surface area (Å²) in [7, 11) is 1.51. The Morgan fingerprint density at radius 2 is 1.81 bits per heavy atom. The summed E-state index contributed by atoms with van der Waals surface area (Å²) >= 11 is 0. The standard InChI is InChI=1S/C42H55N3O8/c1-5-8-16-25-44(24-7-3)40(49)38-42-23-22-33(53-42)35(36(42)39(48)45(38)31(27-46)26-29-17-12-10-13-18-29)41(50)52-37(30-19-14-11-15-20-30)32(28-51-4)43-34(47)21-9-6-2/h6-7,10-15,17-20,31-33,35-38,46H,2-3,5,8-9,16,21-28H2,1,4H3,(H,43,47)/t31-,32-,33-,35+,36+,37-,38-,42+/m1/s1. The highest BCUT2D eigenvalue weighted by Gasteiger charge is 2.75. The number of aliphatic hydroxyl groups excluding tert-OH is 1. The summed E-state index contributed by atoms with van der Waals surface area (Å²) in [5, 5.41) is 13.8. The maximum absolute atomic E-state index is 14.9. The number of unbranched alkanes of at least 4 members (excludes halogenated alkanes) is 2. The second-order valence-corrected chi connectivity index (χ2v) is 14.3. The van der Waals surface area contributed by atoms with Crippen molar-refractivity contribution in [3.63, 3.8) is 0 Å². The molecule has 8 atom stereocenters. The van der Waals surface area contributed by atoms with Gasteiger partial charge in [-0.15, -0.1) is 13.2 Å². The molecule has 53 heavy (non-hydrogen) atoms. The van der Waals surface area contributed by atoms with E-state index in [1.165, 1.54) is 12.0 Å². The van der Waals surface area contributed by atoms with Crippen LogP contribution in [0.15, 0.2) is 86.0 Å². The number of ether oxygens (including phenoxy) is 3. The summed E-state index contributed by atoms with van der Waals surface area (Å²) in [6.45, 7) is 10.1. The highest BCUT2D eigenvalue weighted by molar-refractivity contribution is 5.98. The normalized spacial score (nSPS) is 24.6. The van der Waals surface area contributed by atoms with Crippen LogP contribution in [0.3, 0.4) is 0 Å². The minimum absolute atomic E-state index is 0.0583. The van der Waals surface area contributed by atoms with Gasteiger partial charge in [0.2, 0.25) is 17.7 Å². The van der Waals surface area contributed by atoms with E-state index in [2.05, 4.69) is 25.4 Å². The van der Waals surface area contributed by atoms with Crippen LogP contribution in [-0.2, 0) is 39.8 Å². The van der Waals surface area contributed by atoms with Gasteiger partial charge in [0.25, 0.3) is 0 Å². The number of esters is 1. The maximum atomic E-state index is 14.9. The predicted molar refractivity (Wildman–Crippen MR) is 200 cm³/mol. The maximum Gasteiger partial charge on any atom is 0.313 e. The molecule has 0 aliphatic carbocycles. The van der Waals surface area contributed by atoms with Crippen LogP contribution >= 0.6 is 0 Å². The van der Waals surface area contributed by atoms with Crippen LogP contribution in [0.4, 0.5) is 0 Å². The van der Waals surface area contributed by atoms with Crippen LogP contribution in [0.2, 0.25) is 0 Å². The average Bonchev–Trinajstić information content (AvgIpc) is 3.82. The van der Waals surface area contributed by atoms with Gasteiger partial charge in [-0.2, -0.15) is 0 Å². The molecule has 0 unspecified atom stereocenters. The number of aliphatic hydroxyl groups is 1. The molecule has 3 amide bonds. The number of hydrogen-bond acceptors (Lipinski definition) is 8. The third-order valence-corrected chi connectivity index (χ3v) is 10.9. The van der Waals surface area contributed by atoms with Crippen LogP contribution in [0, 0.1) is 11.8 Å². The van der Waals surface area contributed by atoms with Crippen molar-refractivity contribution in [1.82, 2.24) is 15.1 Å². The molecule has 2 aromatic rings. The topological polar surface area (TPSA) is 135 Å². The third-order valence-electron chi connectivity index (χ3n) is 10.9. The molecule has 0 radical (unpaired) electrons. The molecule has 3 fully saturated rings. The first-order valence-corrected chi connectivity index (χ1v) is 18.9. The van der Waals surface area contributed by atoms with Crippen LogP contribution < -0.4 is 5.32 Å². The van der Waals surface area contributed by atoms with Crippen molar-refractivity contribution in [3.8, 4) is 0 Å². The Hall–Kier alpha value is -4.32. The lowest BCUT2D eigenvalue weighted by atomic mass is 9.70. The fourth-order valence-electron chi connectivity index (χ4n) is 8.47. The first-order chi connectivity index (χ1) is 25.7. The number of hydrogen-bond donors (Lipinski definition) is 2. The third kappa shape index (κ3) is 8.58. The molecule has 1 spiro atoms. The Morgan fingerprint density at radius 3 is 2.45 bits per heavy atom. The molecule has 2 bridgehead atoms. The van der Waals surface area contributed by atoms with Crippen molar-refractivity contribution < 1.29 is 38.5 Å². The number of likely N-dealkylation sites (tertiary alicyclic amines) is 1. The van der Waals surface area contributed by atoms with Crippen LogP contribution in [0.25, 0.3) is 0 Å². The Kier molecular flexibility index (Phi) is 14.0. The molecule has 2 N–H and O–H groups in total. The second kappa shape index (κ2) is 18.6. The zero-order valence-electron chi connectivity index (χ0n) is 31.1. The summed E-state index contributed by atoms with van der Waals surface area (Å²) < 4.78 is 18.6. The van der Waals surface area contributed by atoms with Crippen molar-refractivity contribution in [2.75, 3.05) is 33.4 Å². The van der Waals surface area contributed by atoms with Crippen LogP contribution in [-0.4, -0.2) is 102 Å². The molecule has 3 saturated heterocycles. The van der Waals surface area contributed by atoms with Gasteiger partial charge in [-0.05, 0) is 43.2 Å². The van der Waals surface area contributed by atoms with Gasteiger partial charge in [0.15, 0.2) is 0 Å². The number of rotatable bonds is 21. The number of carbonyl (C=O) groups is 4. The van der Waals surface area contributed by atoms with Crippen molar-refractivity contribution in [2.45, 2.75) is 94.2 Å². The van der Waals surface area contributed by atoms with E-state index in [0.717, 1.165) is 24.8 Å². The van der Waals surface area contributed by atoms with Crippen molar-refractivity contribution in [3.05, 3.63) is 97.1 Å². The molecule has 3 aliphatic heterocycles. The number of nitrogens with one attached hydrogen (secondary N) is 1. The monoisotopic (exact) mass is 729 g/mol. The van der Waals surface area contributed by atoms with Gasteiger partial charge in [-0.3, -0.25) is 19.2 Å². The Balaban J connectivity index is 1.52. The van der Waals surface area contributed by atoms with E-state index in [4.69, 9.17) is 14.2 Å². The highest BCUT2D eigenvalue weighted by Crippen LogP contribution is 2.59. The summed E-state index contributed by atoms with van der Waals surface area (Å²) in [6.07, 6.45) is 6.29. The van der Waals surface area contributed by atoms with Gasteiger partial charge >= 0.3 is 5.97 Å². The summed E-state index contributed by atoms with van der Waals surface area (Å²) in [5.41, 5.74) is 0.259. The minimum Gasteiger partial charge on any atom is -0.455 e. The predicted octanol–water partition coefficient (Wildman–Crippen LogP) is 4.55. The molecular weight excluding hydrogens is 674 g/mol. The number of nitrogens with zero attached hydrogens (tertiary/aromatic N) is 2. The van der Waals surface area contributed by atoms with Gasteiger partial charge in [0, 0.05) is 26.6 Å². The zero-order valence-corrected chi connectivity index (χ0v) is 31.1. The molecule has 0 aromatic heterocycles. The smallest absolute Gasteiger partial charge is 0.313 e. The van der Waals surface area contributed by atoms with Gasteiger partial charge in [0.05, 0.1) is 43.2 Å². The number of benzene rings is 2. The Labute approximate surface area is 313 Å². The molecule has 2 aromatic carbocycles. The van der Waals surface area contributed by atoms with E-state index in [-0.39, 0.29) is 38.0 Å². The molecule has 3 heterocycles. The average molecular weight is 730 g/mol. The first kappa shape index (κ1) is 39.9. The number of methoxy groups -OCH3 is 1. The van der Waals surface area contributed by atoms with Gasteiger partial charge < -0.3 is 34.4 Å². The van der Waals surface area contributed by atoms with E-state index in [9.17, 15) is 24.3 Å². The van der Waals surface area contributed by atoms with Crippen molar-refractivity contribution in [2.24, 2.45) is 11.8 Å². The minimum atomic E-state index is -1.29. The van der Waals surface area contributed by atoms with Crippen molar-refractivity contribution >= 4 is 23.7 Å². The molecule has 3 aliphatic rings. The number of carbonyl (C=O) groups excluding carboxylic acids is 4. The molecule has 11 nitrogen and oxygen atoms in total. The Bertz CT molecular complexity index is 1570. The van der Waals surface area contributed by atoms with Crippen LogP contribution in [0.1, 0.15) is 69.1 Å². The quantitative estimate of drug-likeness (QED) is 0.109. The van der Waals surface area contributed by atoms with E-state index < -0.39 is 59.6 Å². The van der Waals surface area contributed by atoms with Gasteiger partial charge in [-0.25, -0.2) is 0 Å². The number of fused-ring (bicyclic) bond motifs is 1. The lowest BCUT2D eigenvalue weighted by Gasteiger charge is -2.39. The second-order valence-electron chi connectivity index (χ2n) is 14.3. The molecule has 5 rings (SSSR count). The largest absolute Gasteiger partial charge is 0.455 e. The van der Waals surface area contributed by atoms with Crippen molar-refractivity contribution in [1.29, 1.82) is 0 Å². The lowest BCUT2D eigenvalue weighted by Crippen LogP contribution is -2.59. The fraction of sp³-hybridized carbons (Fsp3) is 0.524. The van der Waals surface area contributed by atoms with E-state index >= 15 is 0 Å². The summed E-state index contributed by atoms with van der Waals surface area (Å²) in [6, 6.07) is 16.1.